The van der Waals surface area contributed by atoms with Crippen molar-refractivity contribution >= 4 is 34.8 Å². The second-order valence-corrected chi connectivity index (χ2v) is 3.97. The third-order valence-corrected chi connectivity index (χ3v) is 2.63. The Labute approximate surface area is 102 Å². The highest BCUT2D eigenvalue weighted by Crippen LogP contribution is 2.31. The van der Waals surface area contributed by atoms with Crippen LogP contribution >= 0.6 is 34.8 Å². The van der Waals surface area contributed by atoms with Crippen LogP contribution in [-0.4, -0.2) is 9.97 Å². The van der Waals surface area contributed by atoms with Gasteiger partial charge in [0.15, 0.2) is 0 Å². The smallest absolute Gasteiger partial charge is 0.222 e. The van der Waals surface area contributed by atoms with E-state index in [2.05, 4.69) is 9.97 Å². The minimum atomic E-state index is 0.148. The topological polar surface area (TPSA) is 25.8 Å². The van der Waals surface area contributed by atoms with E-state index in [4.69, 9.17) is 34.8 Å². The molecule has 0 aliphatic rings. The van der Waals surface area contributed by atoms with Gasteiger partial charge in [0.2, 0.25) is 5.28 Å². The number of hydrogen-bond acceptors (Lipinski definition) is 2. The average molecular weight is 260 g/mol. The minimum Gasteiger partial charge on any atom is -0.225 e. The lowest BCUT2D eigenvalue weighted by atomic mass is 10.1. The second-order valence-electron chi connectivity index (χ2n) is 2.82. The lowest BCUT2D eigenvalue weighted by molar-refractivity contribution is 1.17. The molecule has 0 saturated heterocycles. The van der Waals surface area contributed by atoms with Crippen molar-refractivity contribution in [1.29, 1.82) is 0 Å². The van der Waals surface area contributed by atoms with Crippen LogP contribution in [0.3, 0.4) is 0 Å². The highest BCUT2D eigenvalue weighted by Gasteiger charge is 2.09. The third kappa shape index (κ3) is 2.23. The summed E-state index contributed by atoms with van der Waals surface area (Å²) < 4.78 is 0. The SMILES string of the molecule is Clc1ncc(Cl)c(-c2ccccc2Cl)n1. The molecule has 76 valence electrons. The third-order valence-electron chi connectivity index (χ3n) is 1.84. The Balaban J connectivity index is 2.64. The Morgan fingerprint density at radius 1 is 0.933 bits per heavy atom. The van der Waals surface area contributed by atoms with Gasteiger partial charge in [-0.15, -0.1) is 0 Å². The molecule has 2 nitrogen and oxygen atoms in total. The molecule has 2 aromatic rings. The fourth-order valence-corrected chi connectivity index (χ4v) is 1.74. The van der Waals surface area contributed by atoms with Crippen molar-refractivity contribution in [2.24, 2.45) is 0 Å². The molecule has 1 aromatic carbocycles. The molecule has 0 radical (unpaired) electrons. The van der Waals surface area contributed by atoms with Gasteiger partial charge in [-0.05, 0) is 17.7 Å². The molecule has 1 heterocycles. The number of halogens is 3. The molecule has 0 atom stereocenters. The molecule has 0 aliphatic carbocycles. The Kier molecular flexibility index (Phi) is 3.10. The van der Waals surface area contributed by atoms with E-state index in [-0.39, 0.29) is 5.28 Å². The summed E-state index contributed by atoms with van der Waals surface area (Å²) in [4.78, 5) is 7.82. The van der Waals surface area contributed by atoms with Crippen LogP contribution in [0.4, 0.5) is 0 Å². The predicted octanol–water partition coefficient (Wildman–Crippen LogP) is 4.10. The van der Waals surface area contributed by atoms with Crippen LogP contribution in [0.5, 0.6) is 0 Å². The van der Waals surface area contributed by atoms with E-state index < -0.39 is 0 Å². The molecule has 0 saturated carbocycles. The average Bonchev–Trinajstić information content (AvgIpc) is 2.23. The fourth-order valence-electron chi connectivity index (χ4n) is 1.19. The number of benzene rings is 1. The van der Waals surface area contributed by atoms with E-state index in [0.29, 0.717) is 15.7 Å². The number of hydrogen-bond donors (Lipinski definition) is 0. The number of rotatable bonds is 1. The zero-order valence-electron chi connectivity index (χ0n) is 7.42. The Morgan fingerprint density at radius 2 is 1.67 bits per heavy atom. The molecule has 0 fully saturated rings. The minimum absolute atomic E-state index is 0.148. The number of nitrogens with zero attached hydrogens (tertiary/aromatic N) is 2. The summed E-state index contributed by atoms with van der Waals surface area (Å²) in [5.41, 5.74) is 1.29. The van der Waals surface area contributed by atoms with Crippen molar-refractivity contribution in [3.8, 4) is 11.3 Å². The molecule has 2 rings (SSSR count). The van der Waals surface area contributed by atoms with Gasteiger partial charge in [-0.1, -0.05) is 41.4 Å². The molecule has 0 N–H and O–H groups in total. The van der Waals surface area contributed by atoms with Gasteiger partial charge >= 0.3 is 0 Å². The molecule has 0 bridgehead atoms. The van der Waals surface area contributed by atoms with E-state index in [0.717, 1.165) is 5.56 Å². The van der Waals surface area contributed by atoms with E-state index in [1.165, 1.54) is 6.20 Å². The first-order chi connectivity index (χ1) is 7.18. The van der Waals surface area contributed by atoms with Gasteiger partial charge in [-0.3, -0.25) is 0 Å². The van der Waals surface area contributed by atoms with Gasteiger partial charge in [0, 0.05) is 5.56 Å². The highest BCUT2D eigenvalue weighted by molar-refractivity contribution is 6.36. The second kappa shape index (κ2) is 4.35. The van der Waals surface area contributed by atoms with Crippen LogP contribution < -0.4 is 0 Å². The number of aromatic nitrogens is 2. The van der Waals surface area contributed by atoms with Crippen molar-refractivity contribution in [2.75, 3.05) is 0 Å². The van der Waals surface area contributed by atoms with Crippen LogP contribution in [0.2, 0.25) is 15.3 Å². The Hall–Kier alpha value is -0.830. The summed E-state index contributed by atoms with van der Waals surface area (Å²) in [5.74, 6) is 0. The molecular formula is C10H5Cl3N2. The van der Waals surface area contributed by atoms with Crippen LogP contribution in [0.1, 0.15) is 0 Å². The fraction of sp³-hybridized carbons (Fsp3) is 0. The standard InChI is InChI=1S/C10H5Cl3N2/c11-7-4-2-1-3-6(7)9-8(12)5-14-10(13)15-9/h1-5H. The van der Waals surface area contributed by atoms with Gasteiger partial charge in [-0.2, -0.15) is 0 Å². The predicted molar refractivity (Wildman–Crippen MR) is 62.5 cm³/mol. The Morgan fingerprint density at radius 3 is 2.40 bits per heavy atom. The summed E-state index contributed by atoms with van der Waals surface area (Å²) in [6.45, 7) is 0. The molecule has 0 aliphatic heterocycles. The normalized spacial score (nSPS) is 10.3. The van der Waals surface area contributed by atoms with Gasteiger partial charge < -0.3 is 0 Å². The van der Waals surface area contributed by atoms with E-state index in [1.807, 2.05) is 18.2 Å². The monoisotopic (exact) mass is 258 g/mol. The zero-order valence-corrected chi connectivity index (χ0v) is 9.68. The lowest BCUT2D eigenvalue weighted by Gasteiger charge is -2.04. The van der Waals surface area contributed by atoms with Crippen molar-refractivity contribution in [1.82, 2.24) is 9.97 Å². The van der Waals surface area contributed by atoms with Crippen molar-refractivity contribution in [3.05, 3.63) is 45.8 Å². The molecule has 0 unspecified atom stereocenters. The Bertz CT molecular complexity index is 500. The summed E-state index contributed by atoms with van der Waals surface area (Å²) in [6.07, 6.45) is 1.45. The van der Waals surface area contributed by atoms with E-state index in [1.54, 1.807) is 6.07 Å². The van der Waals surface area contributed by atoms with E-state index in [9.17, 15) is 0 Å². The van der Waals surface area contributed by atoms with Gasteiger partial charge in [-0.25, -0.2) is 9.97 Å². The highest BCUT2D eigenvalue weighted by atomic mass is 35.5. The zero-order chi connectivity index (χ0) is 10.8. The molecule has 5 heteroatoms. The van der Waals surface area contributed by atoms with Crippen molar-refractivity contribution < 1.29 is 0 Å². The molecular weight excluding hydrogens is 254 g/mol. The summed E-state index contributed by atoms with van der Waals surface area (Å²) in [7, 11) is 0. The maximum atomic E-state index is 6.02. The molecule has 0 amide bonds. The maximum absolute atomic E-state index is 6.02. The summed E-state index contributed by atoms with van der Waals surface area (Å²) >= 11 is 17.7. The summed E-state index contributed by atoms with van der Waals surface area (Å²) in [6, 6.07) is 7.28. The summed E-state index contributed by atoms with van der Waals surface area (Å²) in [5, 5.41) is 1.15. The van der Waals surface area contributed by atoms with Gasteiger partial charge in [0.05, 0.1) is 21.9 Å². The van der Waals surface area contributed by atoms with Crippen LogP contribution in [0, 0.1) is 0 Å². The molecule has 1 aromatic heterocycles. The van der Waals surface area contributed by atoms with E-state index >= 15 is 0 Å². The first-order valence-corrected chi connectivity index (χ1v) is 5.25. The lowest BCUT2D eigenvalue weighted by Crippen LogP contribution is -1.89. The van der Waals surface area contributed by atoms with Crippen LogP contribution in [-0.2, 0) is 0 Å². The van der Waals surface area contributed by atoms with Crippen LogP contribution in [0.25, 0.3) is 11.3 Å². The van der Waals surface area contributed by atoms with Crippen molar-refractivity contribution in [2.45, 2.75) is 0 Å². The first kappa shape index (κ1) is 10.7. The van der Waals surface area contributed by atoms with Gasteiger partial charge in [0.25, 0.3) is 0 Å². The molecule has 15 heavy (non-hydrogen) atoms. The first-order valence-electron chi connectivity index (χ1n) is 4.11. The van der Waals surface area contributed by atoms with Gasteiger partial charge in [0.1, 0.15) is 0 Å². The van der Waals surface area contributed by atoms with Crippen LogP contribution in [0.15, 0.2) is 30.5 Å². The molecule has 0 spiro atoms. The maximum Gasteiger partial charge on any atom is 0.222 e. The quantitative estimate of drug-likeness (QED) is 0.721. The van der Waals surface area contributed by atoms with Crippen molar-refractivity contribution in [3.63, 3.8) is 0 Å². The largest absolute Gasteiger partial charge is 0.225 e.